The second-order valence-electron chi connectivity index (χ2n) is 5.02. The third-order valence-corrected chi connectivity index (χ3v) is 4.51. The van der Waals surface area contributed by atoms with Gasteiger partial charge in [-0.15, -0.1) is 0 Å². The van der Waals surface area contributed by atoms with Crippen LogP contribution in [0.1, 0.15) is 38.2 Å². The molecule has 100 valence electrons. The van der Waals surface area contributed by atoms with Gasteiger partial charge in [-0.1, -0.05) is 52.5 Å². The van der Waals surface area contributed by atoms with Crippen molar-refractivity contribution in [3.05, 3.63) is 27.7 Å². The van der Waals surface area contributed by atoms with Crippen LogP contribution in [0, 0.1) is 5.92 Å². The summed E-state index contributed by atoms with van der Waals surface area (Å²) in [6, 6.07) is 3.65. The molecule has 18 heavy (non-hydrogen) atoms. The van der Waals surface area contributed by atoms with E-state index in [2.05, 4.69) is 22.9 Å². The molecular weight excluding hydrogens is 335 g/mol. The fraction of sp³-hybridized carbons (Fsp3) is 0.571. The van der Waals surface area contributed by atoms with E-state index in [1.165, 1.54) is 12.8 Å². The summed E-state index contributed by atoms with van der Waals surface area (Å²) in [6.45, 7) is 2.28. The van der Waals surface area contributed by atoms with Crippen molar-refractivity contribution < 1.29 is 4.74 Å². The average Bonchev–Trinajstić information content (AvgIpc) is 2.32. The Morgan fingerprint density at radius 1 is 1.33 bits per heavy atom. The Bertz CT molecular complexity index is 423. The zero-order valence-electron chi connectivity index (χ0n) is 10.4. The Labute approximate surface area is 127 Å². The van der Waals surface area contributed by atoms with E-state index in [4.69, 9.17) is 27.9 Å². The maximum absolute atomic E-state index is 6.24. The lowest BCUT2D eigenvalue weighted by Gasteiger charge is -2.28. The maximum Gasteiger partial charge on any atom is 0.142 e. The summed E-state index contributed by atoms with van der Waals surface area (Å²) < 4.78 is 6.11. The average molecular weight is 352 g/mol. The highest BCUT2D eigenvalue weighted by Crippen LogP contribution is 2.36. The molecule has 1 aromatic rings. The second kappa shape index (κ2) is 6.49. The zero-order valence-corrected chi connectivity index (χ0v) is 13.5. The molecule has 2 unspecified atom stereocenters. The van der Waals surface area contributed by atoms with Crippen LogP contribution >= 0.6 is 39.1 Å². The van der Waals surface area contributed by atoms with Crippen LogP contribution in [0.3, 0.4) is 0 Å². The molecule has 2 rings (SSSR count). The van der Waals surface area contributed by atoms with Gasteiger partial charge in [-0.25, -0.2) is 0 Å². The maximum atomic E-state index is 6.24. The van der Waals surface area contributed by atoms with Gasteiger partial charge in [0.15, 0.2) is 0 Å². The van der Waals surface area contributed by atoms with Gasteiger partial charge in [0.2, 0.25) is 0 Å². The van der Waals surface area contributed by atoms with Crippen molar-refractivity contribution in [1.82, 2.24) is 0 Å². The van der Waals surface area contributed by atoms with Crippen LogP contribution in [0.25, 0.3) is 0 Å². The molecule has 0 amide bonds. The first-order chi connectivity index (χ1) is 8.60. The zero-order chi connectivity index (χ0) is 13.1. The predicted molar refractivity (Wildman–Crippen MR) is 81.1 cm³/mol. The number of rotatable bonds is 3. The predicted octanol–water partition coefficient (Wildman–Crippen LogP) is 5.85. The minimum atomic E-state index is 0.283. The van der Waals surface area contributed by atoms with E-state index in [0.717, 1.165) is 30.1 Å². The van der Waals surface area contributed by atoms with E-state index >= 15 is 0 Å². The van der Waals surface area contributed by atoms with Crippen LogP contribution in [0.2, 0.25) is 10.0 Å². The fourth-order valence-corrected chi connectivity index (χ4v) is 3.49. The third-order valence-electron chi connectivity index (χ3n) is 3.40. The molecule has 0 spiro atoms. The molecule has 0 aromatic heterocycles. The Balaban J connectivity index is 2.17. The van der Waals surface area contributed by atoms with Gasteiger partial charge in [-0.3, -0.25) is 0 Å². The van der Waals surface area contributed by atoms with Crippen molar-refractivity contribution in [2.45, 2.75) is 44.0 Å². The van der Waals surface area contributed by atoms with Crippen LogP contribution in [-0.4, -0.2) is 6.10 Å². The molecule has 0 heterocycles. The van der Waals surface area contributed by atoms with E-state index < -0.39 is 0 Å². The first kappa shape index (κ1) is 14.5. The first-order valence-corrected chi connectivity index (χ1v) is 8.18. The largest absolute Gasteiger partial charge is 0.489 e. The minimum absolute atomic E-state index is 0.283. The highest BCUT2D eigenvalue weighted by Gasteiger charge is 2.22. The van der Waals surface area contributed by atoms with Gasteiger partial charge in [0.1, 0.15) is 5.75 Å². The SMILES string of the molecule is CC1CCCC(Oc2c(Cl)cc(Cl)cc2CBr)C1. The number of hydrogen-bond acceptors (Lipinski definition) is 1. The van der Waals surface area contributed by atoms with Crippen molar-refractivity contribution in [2.75, 3.05) is 0 Å². The van der Waals surface area contributed by atoms with E-state index in [1.54, 1.807) is 6.07 Å². The lowest BCUT2D eigenvalue weighted by atomic mass is 9.88. The number of ether oxygens (including phenoxy) is 1. The molecule has 1 nitrogen and oxygen atoms in total. The van der Waals surface area contributed by atoms with Crippen molar-refractivity contribution in [3.8, 4) is 5.75 Å². The molecular formula is C14H17BrCl2O. The molecule has 4 heteroatoms. The molecule has 1 aliphatic carbocycles. The van der Waals surface area contributed by atoms with E-state index in [1.807, 2.05) is 6.07 Å². The second-order valence-corrected chi connectivity index (χ2v) is 6.43. The standard InChI is InChI=1S/C14H17BrCl2O/c1-9-3-2-4-12(5-9)18-14-10(8-15)6-11(16)7-13(14)17/h6-7,9,12H,2-5,8H2,1H3. The Morgan fingerprint density at radius 2 is 2.11 bits per heavy atom. The smallest absolute Gasteiger partial charge is 0.142 e. The summed E-state index contributed by atoms with van der Waals surface area (Å²) in [5, 5.41) is 1.96. The Morgan fingerprint density at radius 3 is 2.78 bits per heavy atom. The van der Waals surface area contributed by atoms with Crippen LogP contribution in [0.4, 0.5) is 0 Å². The van der Waals surface area contributed by atoms with Gasteiger partial charge in [0.25, 0.3) is 0 Å². The van der Waals surface area contributed by atoms with Crippen LogP contribution in [-0.2, 0) is 5.33 Å². The molecule has 0 N–H and O–H groups in total. The lowest BCUT2D eigenvalue weighted by Crippen LogP contribution is -2.24. The molecule has 1 fully saturated rings. The number of benzene rings is 1. The van der Waals surface area contributed by atoms with Crippen LogP contribution in [0.15, 0.2) is 12.1 Å². The molecule has 0 radical (unpaired) electrons. The highest BCUT2D eigenvalue weighted by molar-refractivity contribution is 9.08. The van der Waals surface area contributed by atoms with E-state index in [0.29, 0.717) is 15.4 Å². The van der Waals surface area contributed by atoms with Gasteiger partial charge in [0, 0.05) is 15.9 Å². The van der Waals surface area contributed by atoms with Gasteiger partial charge in [0.05, 0.1) is 11.1 Å². The molecule has 2 atom stereocenters. The van der Waals surface area contributed by atoms with E-state index in [-0.39, 0.29) is 6.10 Å². The number of hydrogen-bond donors (Lipinski definition) is 0. The summed E-state index contributed by atoms with van der Waals surface area (Å²) in [5.74, 6) is 1.53. The summed E-state index contributed by atoms with van der Waals surface area (Å²) in [4.78, 5) is 0. The summed E-state index contributed by atoms with van der Waals surface area (Å²) in [6.07, 6.45) is 5.05. The van der Waals surface area contributed by atoms with Gasteiger partial charge in [-0.05, 0) is 37.3 Å². The van der Waals surface area contributed by atoms with Gasteiger partial charge >= 0.3 is 0 Å². The summed E-state index contributed by atoms with van der Waals surface area (Å²) in [5.41, 5.74) is 1.02. The Kier molecular flexibility index (Phi) is 5.23. The highest BCUT2D eigenvalue weighted by atomic mass is 79.9. The monoisotopic (exact) mass is 350 g/mol. The lowest BCUT2D eigenvalue weighted by molar-refractivity contribution is 0.128. The minimum Gasteiger partial charge on any atom is -0.489 e. The molecule has 0 aliphatic heterocycles. The normalized spacial score (nSPS) is 24.0. The first-order valence-electron chi connectivity index (χ1n) is 6.30. The summed E-state index contributed by atoms with van der Waals surface area (Å²) in [7, 11) is 0. The van der Waals surface area contributed by atoms with Gasteiger partial charge < -0.3 is 4.74 Å². The van der Waals surface area contributed by atoms with Crippen molar-refractivity contribution in [1.29, 1.82) is 0 Å². The molecule has 1 aliphatic rings. The van der Waals surface area contributed by atoms with E-state index in [9.17, 15) is 0 Å². The van der Waals surface area contributed by atoms with Crippen LogP contribution < -0.4 is 4.74 Å². The van der Waals surface area contributed by atoms with Crippen molar-refractivity contribution >= 4 is 39.1 Å². The number of halogens is 3. The molecule has 0 bridgehead atoms. The summed E-state index contributed by atoms with van der Waals surface area (Å²) >= 11 is 15.7. The topological polar surface area (TPSA) is 9.23 Å². The fourth-order valence-electron chi connectivity index (χ4n) is 2.50. The van der Waals surface area contributed by atoms with Gasteiger partial charge in [-0.2, -0.15) is 0 Å². The third kappa shape index (κ3) is 3.55. The quantitative estimate of drug-likeness (QED) is 0.621. The van der Waals surface area contributed by atoms with Crippen molar-refractivity contribution in [2.24, 2.45) is 5.92 Å². The Hall–Kier alpha value is 0.0800. The van der Waals surface area contributed by atoms with Crippen LogP contribution in [0.5, 0.6) is 5.75 Å². The number of alkyl halides is 1. The molecule has 1 aromatic carbocycles. The molecule has 1 saturated carbocycles. The molecule has 0 saturated heterocycles. The van der Waals surface area contributed by atoms with Crippen molar-refractivity contribution in [3.63, 3.8) is 0 Å².